The lowest BCUT2D eigenvalue weighted by Crippen LogP contribution is -2.02. The van der Waals surface area contributed by atoms with Crippen molar-refractivity contribution in [2.24, 2.45) is 0 Å². The number of rotatable bonds is 5. The minimum atomic E-state index is -0.748. The number of aromatic hydroxyl groups is 12. The lowest BCUT2D eigenvalue weighted by Gasteiger charge is -2.07. The second-order valence-corrected chi connectivity index (χ2v) is 21.1. The molecule has 0 saturated heterocycles. The maximum atomic E-state index is 12.1. The third kappa shape index (κ3) is 13.7. The molecule has 15 aromatic rings. The van der Waals surface area contributed by atoms with Crippen LogP contribution in [0.1, 0.15) is 0 Å². The maximum absolute atomic E-state index is 12.1. The maximum Gasteiger partial charge on any atom is 0.238 e. The molecule has 15 rings (SSSR count). The van der Waals surface area contributed by atoms with Gasteiger partial charge < -0.3 is 83.4 Å². The van der Waals surface area contributed by atoms with Crippen molar-refractivity contribution in [1.29, 1.82) is 0 Å². The van der Waals surface area contributed by atoms with Crippen LogP contribution in [0.4, 0.5) is 0 Å². The molecule has 22 heteroatoms. The summed E-state index contributed by atoms with van der Waals surface area (Å²) in [6.45, 7) is 0. The molecule has 0 aliphatic rings. The molecular formula is C75H50O22. The highest BCUT2D eigenvalue weighted by atomic mass is 16.4. The zero-order chi connectivity index (χ0) is 68.8. The summed E-state index contributed by atoms with van der Waals surface area (Å²) in [7, 11) is 0. The van der Waals surface area contributed by atoms with Gasteiger partial charge in [0.2, 0.25) is 33.5 Å². The zero-order valence-electron chi connectivity index (χ0n) is 49.9. The number of phenolic OH excluding ortho intramolecular Hbond substituents is 9. The van der Waals surface area contributed by atoms with Gasteiger partial charge in [0.15, 0.2) is 51.1 Å². The minimum absolute atomic E-state index is 0.000325. The van der Waals surface area contributed by atoms with Crippen molar-refractivity contribution in [2.45, 2.75) is 0 Å². The third-order valence-corrected chi connectivity index (χ3v) is 14.6. The van der Waals surface area contributed by atoms with Gasteiger partial charge in [-0.3, -0.25) is 24.0 Å². The number of phenols is 9. The number of hydrogen-bond acceptors (Lipinski definition) is 22. The van der Waals surface area contributed by atoms with E-state index < -0.39 is 39.3 Å². The van der Waals surface area contributed by atoms with Gasteiger partial charge in [0, 0.05) is 70.3 Å². The van der Waals surface area contributed by atoms with Crippen LogP contribution >= 0.6 is 0 Å². The molecule has 0 unspecified atom stereocenters. The van der Waals surface area contributed by atoms with Crippen LogP contribution in [0.15, 0.2) is 277 Å². The van der Waals surface area contributed by atoms with E-state index in [1.54, 1.807) is 109 Å². The normalized spacial score (nSPS) is 10.8. The predicted molar refractivity (Wildman–Crippen MR) is 360 cm³/mol. The van der Waals surface area contributed by atoms with Crippen LogP contribution in [0.5, 0.6) is 69.0 Å². The Bertz CT molecular complexity index is 5800. The minimum Gasteiger partial charge on any atom is -0.508 e. The highest BCUT2D eigenvalue weighted by Crippen LogP contribution is 2.38. The molecule has 0 amide bonds. The first-order chi connectivity index (χ1) is 46.6. The van der Waals surface area contributed by atoms with Crippen molar-refractivity contribution in [1.82, 2.24) is 0 Å². The van der Waals surface area contributed by atoms with Gasteiger partial charge in [0.1, 0.15) is 79.0 Å². The first-order valence-corrected chi connectivity index (χ1v) is 28.8. The first kappa shape index (κ1) is 64.4. The molecule has 0 radical (unpaired) electrons. The van der Waals surface area contributed by atoms with Crippen LogP contribution in [0.2, 0.25) is 0 Å². The van der Waals surface area contributed by atoms with Crippen molar-refractivity contribution in [3.8, 4) is 126 Å². The first-order valence-electron chi connectivity index (χ1n) is 28.8. The molecule has 482 valence electrons. The van der Waals surface area contributed by atoms with Gasteiger partial charge in [0.25, 0.3) is 0 Å². The Morgan fingerprint density at radius 1 is 0.227 bits per heavy atom. The van der Waals surface area contributed by atoms with Gasteiger partial charge in [-0.1, -0.05) is 115 Å². The average molecular weight is 1300 g/mol. The molecular weight excluding hydrogens is 1250 g/mol. The molecule has 5 heterocycles. The molecule has 5 aromatic heterocycles. The van der Waals surface area contributed by atoms with Crippen molar-refractivity contribution >= 4 is 54.8 Å². The average Bonchev–Trinajstić information content (AvgIpc) is 0.791. The van der Waals surface area contributed by atoms with Crippen LogP contribution in [0, 0.1) is 0 Å². The highest BCUT2D eigenvalue weighted by Gasteiger charge is 2.21. The summed E-state index contributed by atoms with van der Waals surface area (Å²) in [5.41, 5.74) is 1.60. The van der Waals surface area contributed by atoms with Gasteiger partial charge in [-0.2, -0.15) is 0 Å². The summed E-state index contributed by atoms with van der Waals surface area (Å²) >= 11 is 0. The van der Waals surface area contributed by atoms with E-state index in [1.165, 1.54) is 72.8 Å². The summed E-state index contributed by atoms with van der Waals surface area (Å²) in [6.07, 6.45) is 0. The van der Waals surface area contributed by atoms with Crippen LogP contribution in [0.3, 0.4) is 0 Å². The van der Waals surface area contributed by atoms with Gasteiger partial charge in [-0.15, -0.1) is 0 Å². The van der Waals surface area contributed by atoms with Crippen molar-refractivity contribution in [2.75, 3.05) is 0 Å². The fraction of sp³-hybridized carbons (Fsp3) is 0. The van der Waals surface area contributed by atoms with E-state index >= 15 is 0 Å². The van der Waals surface area contributed by atoms with E-state index in [-0.39, 0.29) is 112 Å². The monoisotopic (exact) mass is 1300 g/mol. The summed E-state index contributed by atoms with van der Waals surface area (Å²) in [4.78, 5) is 60.2. The Kier molecular flexibility index (Phi) is 18.2. The molecule has 10 aromatic carbocycles. The Labute approximate surface area is 543 Å². The van der Waals surface area contributed by atoms with Gasteiger partial charge in [0.05, 0.1) is 16.2 Å². The van der Waals surface area contributed by atoms with E-state index in [1.807, 2.05) is 36.4 Å². The van der Waals surface area contributed by atoms with Crippen LogP contribution < -0.4 is 27.1 Å². The highest BCUT2D eigenvalue weighted by molar-refractivity contribution is 5.89. The fourth-order valence-corrected chi connectivity index (χ4v) is 9.93. The standard InChI is InChI=1S/2C15H10O5.3C15H10O4/c16-10-6-5-8(7-11(10)17)15-14(19)13(18)9-3-1-2-4-12(9)20-15;16-9-6-10(17)12-11(7-9)20-15(14(19)13(12)18)8-4-2-1-3-5-8;16-11-6-5-9(7-13(11)18)15-8-12(17)10-3-1-2-4-14(10)19-15;16-10-6-11(17)15-12(18)8-13(19-14(15)7-10)9-4-2-1-3-5-9;16-10-6-7-11-12(8-10)19-15(14(18)13(11)17)9-4-2-1-3-5-9/h2*1-7,16-17,19H;1-8,16,18H;1-8,16-17H;1-8,16,18H. The lowest BCUT2D eigenvalue weighted by molar-refractivity contribution is 0.403. The van der Waals surface area contributed by atoms with E-state index in [2.05, 4.69) is 0 Å². The van der Waals surface area contributed by atoms with Gasteiger partial charge in [-0.05, 0) is 72.8 Å². The molecule has 0 aliphatic heterocycles. The van der Waals surface area contributed by atoms with E-state index in [0.717, 1.165) is 17.7 Å². The molecule has 0 bridgehead atoms. The van der Waals surface area contributed by atoms with Crippen LogP contribution in [0.25, 0.3) is 111 Å². The number of para-hydroxylation sites is 2. The smallest absolute Gasteiger partial charge is 0.238 e. The summed E-state index contributed by atoms with van der Waals surface area (Å²) < 4.78 is 27.7. The molecule has 0 saturated carbocycles. The van der Waals surface area contributed by atoms with Crippen molar-refractivity contribution in [3.05, 3.63) is 282 Å². The zero-order valence-corrected chi connectivity index (χ0v) is 49.9. The Morgan fingerprint density at radius 3 is 1.19 bits per heavy atom. The summed E-state index contributed by atoms with van der Waals surface area (Å²) in [6, 6.07) is 59.7. The second kappa shape index (κ2) is 27.4. The van der Waals surface area contributed by atoms with Crippen LogP contribution in [-0.4, -0.2) is 61.3 Å². The molecule has 22 nitrogen and oxygen atoms in total. The predicted octanol–water partition coefficient (Wildman–Crippen LogP) is 13.8. The van der Waals surface area contributed by atoms with E-state index in [4.69, 9.17) is 22.1 Å². The molecule has 0 spiro atoms. The lowest BCUT2D eigenvalue weighted by atomic mass is 10.1. The molecule has 12 N–H and O–H groups in total. The van der Waals surface area contributed by atoms with Crippen LogP contribution in [-0.2, 0) is 0 Å². The summed E-state index contributed by atoms with van der Waals surface area (Å²) in [5, 5.41) is 116. The Hall–Kier alpha value is -14.2. The molecule has 97 heavy (non-hydrogen) atoms. The number of hydrogen-bond donors (Lipinski definition) is 12. The third-order valence-electron chi connectivity index (χ3n) is 14.6. The van der Waals surface area contributed by atoms with Gasteiger partial charge >= 0.3 is 0 Å². The number of fused-ring (bicyclic) bond motifs is 5. The number of benzene rings is 10. The molecule has 0 aliphatic carbocycles. The SMILES string of the molecule is O=c1c(O)c(-c2ccc(O)c(O)c2)oc2ccccc12.O=c1c(O)c(-c2ccccc2)oc2cc(O)cc(O)c12.O=c1c(O)c(-c2ccccc2)oc2cc(O)ccc12.O=c1cc(-c2ccc(O)c(O)c2)oc2ccccc12.O=c1cc(-c2ccccc2)oc2cc(O)cc(O)c12. The largest absolute Gasteiger partial charge is 0.508 e. The van der Waals surface area contributed by atoms with Crippen molar-refractivity contribution in [3.63, 3.8) is 0 Å². The molecule has 0 fully saturated rings. The topological polar surface area (TPSA) is 394 Å². The fourth-order valence-electron chi connectivity index (χ4n) is 9.93. The van der Waals surface area contributed by atoms with E-state index in [0.29, 0.717) is 50.3 Å². The molecule has 0 atom stereocenters. The Balaban J connectivity index is 0.000000123. The quantitative estimate of drug-likeness (QED) is 0.0712. The van der Waals surface area contributed by atoms with Gasteiger partial charge in [-0.25, -0.2) is 0 Å². The Morgan fingerprint density at radius 2 is 0.619 bits per heavy atom. The van der Waals surface area contributed by atoms with Crippen molar-refractivity contribution < 1.29 is 83.4 Å². The second-order valence-electron chi connectivity index (χ2n) is 21.1. The van der Waals surface area contributed by atoms with E-state index in [9.17, 15) is 85.3 Å². The summed E-state index contributed by atoms with van der Waals surface area (Å²) in [5.74, 6) is -3.01.